The fourth-order valence-electron chi connectivity index (χ4n) is 3.35. The van der Waals surface area contributed by atoms with Crippen LogP contribution in [0.1, 0.15) is 54.9 Å². The van der Waals surface area contributed by atoms with Crippen molar-refractivity contribution in [1.29, 1.82) is 0 Å². The number of rotatable bonds is 7. The summed E-state index contributed by atoms with van der Waals surface area (Å²) in [7, 11) is 0. The van der Waals surface area contributed by atoms with Crippen molar-refractivity contribution in [3.05, 3.63) is 65.7 Å². The van der Waals surface area contributed by atoms with Gasteiger partial charge in [-0.05, 0) is 69.0 Å². The summed E-state index contributed by atoms with van der Waals surface area (Å²) >= 11 is 0. The van der Waals surface area contributed by atoms with Gasteiger partial charge in [0.2, 0.25) is 5.91 Å². The first-order valence-corrected chi connectivity index (χ1v) is 10.2. The predicted octanol–water partition coefficient (Wildman–Crippen LogP) is 5.23. The molecule has 1 aliphatic rings. The van der Waals surface area contributed by atoms with E-state index in [0.717, 1.165) is 37.0 Å². The zero-order valence-corrected chi connectivity index (χ0v) is 16.7. The van der Waals surface area contributed by atoms with E-state index < -0.39 is 0 Å². The van der Waals surface area contributed by atoms with Crippen molar-refractivity contribution in [1.82, 2.24) is 0 Å². The second-order valence-corrected chi connectivity index (χ2v) is 7.04. The van der Waals surface area contributed by atoms with Crippen molar-refractivity contribution in [3.63, 3.8) is 0 Å². The molecule has 0 heterocycles. The normalized spacial score (nSPS) is 14.5. The molecule has 5 heteroatoms. The number of carbonyl (C=O) groups excluding carboxylic acids is 2. The summed E-state index contributed by atoms with van der Waals surface area (Å²) in [4.78, 5) is 24.5. The van der Waals surface area contributed by atoms with Gasteiger partial charge in [-0.3, -0.25) is 4.79 Å². The van der Waals surface area contributed by atoms with Crippen LogP contribution in [0.25, 0.3) is 6.08 Å². The highest BCUT2D eigenvalue weighted by Gasteiger charge is 2.18. The maximum Gasteiger partial charge on any atom is 0.338 e. The lowest BCUT2D eigenvalue weighted by molar-refractivity contribution is -0.111. The molecule has 1 amide bonds. The Morgan fingerprint density at radius 3 is 2.48 bits per heavy atom. The lowest BCUT2D eigenvalue weighted by Gasteiger charge is -2.21. The van der Waals surface area contributed by atoms with Crippen LogP contribution in [0.15, 0.2) is 54.6 Å². The van der Waals surface area contributed by atoms with E-state index in [0.29, 0.717) is 17.9 Å². The third kappa shape index (κ3) is 6.21. The maximum atomic E-state index is 12.3. The van der Waals surface area contributed by atoms with E-state index in [1.54, 1.807) is 30.3 Å². The minimum atomic E-state index is -0.304. The van der Waals surface area contributed by atoms with E-state index >= 15 is 0 Å². The molecule has 29 heavy (non-hydrogen) atoms. The Labute approximate surface area is 171 Å². The van der Waals surface area contributed by atoms with Crippen LogP contribution in [0.4, 0.5) is 5.69 Å². The van der Waals surface area contributed by atoms with Crippen LogP contribution in [-0.2, 0) is 9.53 Å². The van der Waals surface area contributed by atoms with Gasteiger partial charge in [0.1, 0.15) is 11.9 Å². The average molecular weight is 393 g/mol. The molecule has 3 rings (SSSR count). The fraction of sp³-hybridized carbons (Fsp3) is 0.333. The summed E-state index contributed by atoms with van der Waals surface area (Å²) in [5.41, 5.74) is 1.95. The number of benzene rings is 2. The van der Waals surface area contributed by atoms with Crippen LogP contribution < -0.4 is 10.1 Å². The van der Waals surface area contributed by atoms with Crippen molar-refractivity contribution in [2.45, 2.75) is 45.1 Å². The Hall–Kier alpha value is -3.08. The quantitative estimate of drug-likeness (QED) is 0.517. The zero-order chi connectivity index (χ0) is 20.5. The van der Waals surface area contributed by atoms with E-state index in [2.05, 4.69) is 5.32 Å². The molecular formula is C24H27NO4. The first-order valence-electron chi connectivity index (χ1n) is 10.2. The number of amides is 1. The minimum Gasteiger partial charge on any atom is -0.493 e. The van der Waals surface area contributed by atoms with Crippen LogP contribution in [0.5, 0.6) is 5.75 Å². The second kappa shape index (κ2) is 10.5. The second-order valence-electron chi connectivity index (χ2n) is 7.04. The minimum absolute atomic E-state index is 0.0281. The van der Waals surface area contributed by atoms with Gasteiger partial charge in [-0.1, -0.05) is 24.6 Å². The summed E-state index contributed by atoms with van der Waals surface area (Å²) in [5, 5.41) is 2.79. The number of anilines is 1. The van der Waals surface area contributed by atoms with Crippen LogP contribution in [-0.4, -0.2) is 24.6 Å². The van der Waals surface area contributed by atoms with Crippen LogP contribution in [0.3, 0.4) is 0 Å². The third-order valence-electron chi connectivity index (χ3n) is 4.85. The van der Waals surface area contributed by atoms with E-state index in [1.807, 2.05) is 31.2 Å². The molecule has 0 bridgehead atoms. The zero-order valence-electron chi connectivity index (χ0n) is 16.7. The van der Waals surface area contributed by atoms with Crippen molar-refractivity contribution in [2.75, 3.05) is 11.9 Å². The highest BCUT2D eigenvalue weighted by atomic mass is 16.5. The molecular weight excluding hydrogens is 366 g/mol. The molecule has 0 radical (unpaired) electrons. The Morgan fingerprint density at radius 1 is 1.03 bits per heavy atom. The van der Waals surface area contributed by atoms with E-state index in [9.17, 15) is 9.59 Å². The van der Waals surface area contributed by atoms with Crippen molar-refractivity contribution in [2.24, 2.45) is 0 Å². The van der Waals surface area contributed by atoms with Gasteiger partial charge >= 0.3 is 5.97 Å². The predicted molar refractivity (Wildman–Crippen MR) is 114 cm³/mol. The van der Waals surface area contributed by atoms with Crippen LogP contribution >= 0.6 is 0 Å². The van der Waals surface area contributed by atoms with Crippen molar-refractivity contribution >= 4 is 23.6 Å². The Balaban J connectivity index is 1.55. The first-order chi connectivity index (χ1) is 14.2. The third-order valence-corrected chi connectivity index (χ3v) is 4.85. The number of hydrogen-bond acceptors (Lipinski definition) is 4. The summed E-state index contributed by atoms with van der Waals surface area (Å²) in [6.45, 7) is 2.48. The van der Waals surface area contributed by atoms with Gasteiger partial charge in [0.25, 0.3) is 0 Å². The van der Waals surface area contributed by atoms with E-state index in [1.165, 1.54) is 12.5 Å². The van der Waals surface area contributed by atoms with E-state index in [4.69, 9.17) is 9.47 Å². The molecule has 0 unspecified atom stereocenters. The van der Waals surface area contributed by atoms with Gasteiger partial charge in [-0.15, -0.1) is 0 Å². The first kappa shape index (κ1) is 20.6. The molecule has 1 N–H and O–H groups in total. The Kier molecular flexibility index (Phi) is 7.45. The summed E-state index contributed by atoms with van der Waals surface area (Å²) in [6, 6.07) is 14.3. The molecule has 1 aliphatic carbocycles. The lowest BCUT2D eigenvalue weighted by Crippen LogP contribution is -2.20. The van der Waals surface area contributed by atoms with Gasteiger partial charge in [-0.25, -0.2) is 4.79 Å². The number of esters is 1. The molecule has 5 nitrogen and oxygen atoms in total. The highest BCUT2D eigenvalue weighted by molar-refractivity contribution is 6.02. The molecule has 0 aliphatic heterocycles. The summed E-state index contributed by atoms with van der Waals surface area (Å²) in [6.07, 6.45) is 8.54. The molecule has 152 valence electrons. The number of carbonyl (C=O) groups is 2. The largest absolute Gasteiger partial charge is 0.493 e. The molecule has 0 spiro atoms. The SMILES string of the molecule is CCOc1ccccc1/C=C/C(=O)Nc1ccc(C(=O)OC2CCCCC2)cc1. The average Bonchev–Trinajstić information content (AvgIpc) is 2.74. The smallest absolute Gasteiger partial charge is 0.338 e. The molecule has 2 aromatic rings. The standard InChI is InChI=1S/C24H27NO4/c1-2-28-22-11-7-6-8-18(22)14-17-23(26)25-20-15-12-19(13-16-20)24(27)29-21-9-4-3-5-10-21/h6-8,11-17,21H,2-5,9-10H2,1H3,(H,25,26)/b17-14+. The maximum absolute atomic E-state index is 12.3. The lowest BCUT2D eigenvalue weighted by atomic mass is 9.98. The van der Waals surface area contributed by atoms with Gasteiger partial charge in [-0.2, -0.15) is 0 Å². The Bertz CT molecular complexity index is 851. The number of ether oxygens (including phenoxy) is 2. The van der Waals surface area contributed by atoms with Gasteiger partial charge in [0.15, 0.2) is 0 Å². The fourth-order valence-corrected chi connectivity index (χ4v) is 3.35. The van der Waals surface area contributed by atoms with Crippen LogP contribution in [0, 0.1) is 0 Å². The van der Waals surface area contributed by atoms with Crippen LogP contribution in [0.2, 0.25) is 0 Å². The van der Waals surface area contributed by atoms with Crippen molar-refractivity contribution in [3.8, 4) is 5.75 Å². The number of para-hydroxylation sites is 1. The van der Waals surface area contributed by atoms with E-state index in [-0.39, 0.29) is 18.0 Å². The van der Waals surface area contributed by atoms with Gasteiger partial charge in [0, 0.05) is 17.3 Å². The molecule has 0 saturated heterocycles. The number of hydrogen-bond donors (Lipinski definition) is 1. The summed E-state index contributed by atoms with van der Waals surface area (Å²) < 4.78 is 11.1. The molecule has 1 saturated carbocycles. The van der Waals surface area contributed by atoms with Gasteiger partial charge in [0.05, 0.1) is 12.2 Å². The Morgan fingerprint density at radius 2 is 1.76 bits per heavy atom. The monoisotopic (exact) mass is 393 g/mol. The molecule has 1 fully saturated rings. The molecule has 0 atom stereocenters. The van der Waals surface area contributed by atoms with Gasteiger partial charge < -0.3 is 14.8 Å². The van der Waals surface area contributed by atoms with Crippen molar-refractivity contribution < 1.29 is 19.1 Å². The number of nitrogens with one attached hydrogen (secondary N) is 1. The topological polar surface area (TPSA) is 64.6 Å². The molecule has 0 aromatic heterocycles. The highest BCUT2D eigenvalue weighted by Crippen LogP contribution is 2.22. The molecule has 2 aromatic carbocycles. The summed E-state index contributed by atoms with van der Waals surface area (Å²) in [5.74, 6) is 0.177.